The van der Waals surface area contributed by atoms with Gasteiger partial charge in [-0.15, -0.1) is 0 Å². The first kappa shape index (κ1) is 12.9. The Morgan fingerprint density at radius 1 is 1.38 bits per heavy atom. The van der Waals surface area contributed by atoms with Gasteiger partial charge in [0.05, 0.1) is 0 Å². The van der Waals surface area contributed by atoms with E-state index in [4.69, 9.17) is 4.55 Å². The molecule has 0 aliphatic heterocycles. The van der Waals surface area contributed by atoms with E-state index in [1.54, 1.807) is 24.3 Å². The van der Waals surface area contributed by atoms with Crippen molar-refractivity contribution in [1.82, 2.24) is 0 Å². The Morgan fingerprint density at radius 2 is 1.94 bits per heavy atom. The third kappa shape index (κ3) is 4.12. The van der Waals surface area contributed by atoms with E-state index in [2.05, 4.69) is 4.72 Å². The molecule has 1 unspecified atom stereocenters. The molecule has 5 heteroatoms. The quantitative estimate of drug-likeness (QED) is 0.775. The lowest BCUT2D eigenvalue weighted by molar-refractivity contribution is -0.121. The van der Waals surface area contributed by atoms with Crippen molar-refractivity contribution in [2.24, 2.45) is 5.92 Å². The first-order chi connectivity index (χ1) is 7.49. The van der Waals surface area contributed by atoms with E-state index in [1.165, 1.54) is 0 Å². The highest BCUT2D eigenvalue weighted by Gasteiger charge is 2.07. The number of Topliss-reactive ketones (excluding diaryl/α,β-unsaturated/α-hetero) is 1. The Kier molecular flexibility index (Phi) is 4.64. The van der Waals surface area contributed by atoms with Crippen LogP contribution in [0.1, 0.15) is 19.4 Å². The van der Waals surface area contributed by atoms with Crippen molar-refractivity contribution in [2.45, 2.75) is 20.3 Å². The van der Waals surface area contributed by atoms with E-state index < -0.39 is 11.3 Å². The van der Waals surface area contributed by atoms with Crippen LogP contribution in [0.4, 0.5) is 5.69 Å². The molecule has 0 spiro atoms. The predicted octanol–water partition coefficient (Wildman–Crippen LogP) is 2.00. The first-order valence-corrected chi connectivity index (χ1v) is 6.09. The molecule has 1 aromatic carbocycles. The maximum Gasteiger partial charge on any atom is 0.259 e. The molecule has 16 heavy (non-hydrogen) atoms. The van der Waals surface area contributed by atoms with Gasteiger partial charge >= 0.3 is 0 Å². The summed E-state index contributed by atoms with van der Waals surface area (Å²) in [4.78, 5) is 11.5. The highest BCUT2D eigenvalue weighted by Crippen LogP contribution is 2.12. The molecular formula is C11H15NO3S. The average molecular weight is 241 g/mol. The van der Waals surface area contributed by atoms with Crippen LogP contribution >= 0.6 is 0 Å². The van der Waals surface area contributed by atoms with Gasteiger partial charge in [0, 0.05) is 18.0 Å². The largest absolute Gasteiger partial charge is 0.299 e. The number of carbonyl (C=O) groups is 1. The van der Waals surface area contributed by atoms with Crippen LogP contribution in [-0.4, -0.2) is 14.5 Å². The van der Waals surface area contributed by atoms with Gasteiger partial charge in [0.25, 0.3) is 11.3 Å². The van der Waals surface area contributed by atoms with Crippen molar-refractivity contribution >= 4 is 22.7 Å². The summed E-state index contributed by atoms with van der Waals surface area (Å²) in [6, 6.07) is 6.90. The van der Waals surface area contributed by atoms with Crippen LogP contribution < -0.4 is 4.72 Å². The Morgan fingerprint density at radius 3 is 2.38 bits per heavy atom. The van der Waals surface area contributed by atoms with Crippen LogP contribution in [0.2, 0.25) is 0 Å². The number of carbonyl (C=O) groups excluding carboxylic acids is 1. The van der Waals surface area contributed by atoms with Crippen molar-refractivity contribution in [1.29, 1.82) is 0 Å². The summed E-state index contributed by atoms with van der Waals surface area (Å²) in [7, 11) is 0. The van der Waals surface area contributed by atoms with Crippen LogP contribution in [0.15, 0.2) is 24.3 Å². The van der Waals surface area contributed by atoms with Gasteiger partial charge in [-0.1, -0.05) is 26.0 Å². The molecule has 0 saturated carbocycles. The second kappa shape index (κ2) is 5.77. The zero-order chi connectivity index (χ0) is 12.1. The lowest BCUT2D eigenvalue weighted by Gasteiger charge is -2.05. The summed E-state index contributed by atoms with van der Waals surface area (Å²) in [5, 5.41) is 0. The molecule has 2 N–H and O–H groups in total. The summed E-state index contributed by atoms with van der Waals surface area (Å²) in [5.41, 5.74) is 1.47. The predicted molar refractivity (Wildman–Crippen MR) is 64.4 cm³/mol. The van der Waals surface area contributed by atoms with Gasteiger partial charge < -0.3 is 0 Å². The Hall–Kier alpha value is -1.20. The summed E-state index contributed by atoms with van der Waals surface area (Å²) in [6.07, 6.45) is 0.403. The number of hydrogen-bond acceptors (Lipinski definition) is 2. The molecule has 0 aliphatic rings. The lowest BCUT2D eigenvalue weighted by atomic mass is 10.0. The van der Waals surface area contributed by atoms with E-state index in [0.717, 1.165) is 5.56 Å². The van der Waals surface area contributed by atoms with E-state index in [9.17, 15) is 9.00 Å². The summed E-state index contributed by atoms with van der Waals surface area (Å²) in [6.45, 7) is 3.74. The van der Waals surface area contributed by atoms with Gasteiger partial charge in [0.1, 0.15) is 5.78 Å². The fraction of sp³-hybridized carbons (Fsp3) is 0.364. The van der Waals surface area contributed by atoms with Crippen molar-refractivity contribution in [3.8, 4) is 0 Å². The van der Waals surface area contributed by atoms with Gasteiger partial charge in [-0.05, 0) is 17.7 Å². The minimum absolute atomic E-state index is 0.0303. The minimum atomic E-state index is -2.06. The molecule has 0 heterocycles. The second-order valence-electron chi connectivity index (χ2n) is 3.85. The highest BCUT2D eigenvalue weighted by atomic mass is 32.2. The van der Waals surface area contributed by atoms with Gasteiger partial charge in [-0.2, -0.15) is 0 Å². The summed E-state index contributed by atoms with van der Waals surface area (Å²) < 4.78 is 21.4. The number of hydrogen-bond donors (Lipinski definition) is 2. The van der Waals surface area contributed by atoms with Crippen LogP contribution in [0.25, 0.3) is 0 Å². The monoisotopic (exact) mass is 241 g/mol. The molecule has 88 valence electrons. The van der Waals surface area contributed by atoms with E-state index in [-0.39, 0.29) is 11.7 Å². The molecule has 0 aromatic heterocycles. The molecule has 1 atom stereocenters. The van der Waals surface area contributed by atoms with Crippen LogP contribution in [0.5, 0.6) is 0 Å². The van der Waals surface area contributed by atoms with E-state index >= 15 is 0 Å². The average Bonchev–Trinajstić information content (AvgIpc) is 2.20. The van der Waals surface area contributed by atoms with Gasteiger partial charge in [0.2, 0.25) is 0 Å². The van der Waals surface area contributed by atoms with Gasteiger partial charge in [-0.25, -0.2) is 4.21 Å². The molecule has 0 bridgehead atoms. The molecule has 0 fully saturated rings. The number of rotatable bonds is 5. The topological polar surface area (TPSA) is 66.4 Å². The van der Waals surface area contributed by atoms with E-state index in [1.807, 2.05) is 13.8 Å². The zero-order valence-corrected chi connectivity index (χ0v) is 10.1. The second-order valence-corrected chi connectivity index (χ2v) is 4.55. The number of anilines is 1. The lowest BCUT2D eigenvalue weighted by Crippen LogP contribution is -2.10. The maximum atomic E-state index is 11.5. The number of ketones is 1. The Labute approximate surface area is 97.5 Å². The normalized spacial score (nSPS) is 12.5. The fourth-order valence-electron chi connectivity index (χ4n) is 1.20. The Bertz CT molecular complexity index is 387. The van der Waals surface area contributed by atoms with Crippen molar-refractivity contribution in [3.05, 3.63) is 29.8 Å². The maximum absolute atomic E-state index is 11.5. The van der Waals surface area contributed by atoms with Gasteiger partial charge in [0.15, 0.2) is 0 Å². The fourth-order valence-corrected chi connectivity index (χ4v) is 1.53. The third-order valence-electron chi connectivity index (χ3n) is 2.18. The molecule has 1 aromatic rings. The van der Waals surface area contributed by atoms with Crippen LogP contribution in [0, 0.1) is 5.92 Å². The standard InChI is InChI=1S/C11H15NO3S/c1-8(2)11(13)7-9-3-5-10(6-4-9)12-16(14)15/h3-6,8,12H,7H2,1-2H3,(H,14,15). The summed E-state index contributed by atoms with van der Waals surface area (Å²) >= 11 is -2.06. The molecule has 0 aliphatic carbocycles. The van der Waals surface area contributed by atoms with Crippen molar-refractivity contribution < 1.29 is 13.6 Å². The smallest absolute Gasteiger partial charge is 0.259 e. The van der Waals surface area contributed by atoms with Gasteiger partial charge in [-0.3, -0.25) is 14.1 Å². The van der Waals surface area contributed by atoms with Crippen molar-refractivity contribution in [3.63, 3.8) is 0 Å². The first-order valence-electron chi connectivity index (χ1n) is 4.98. The number of nitrogens with one attached hydrogen (secondary N) is 1. The van der Waals surface area contributed by atoms with Crippen molar-refractivity contribution in [2.75, 3.05) is 4.72 Å². The minimum Gasteiger partial charge on any atom is -0.299 e. The molecule has 0 radical (unpaired) electrons. The molecule has 4 nitrogen and oxygen atoms in total. The molecule has 1 rings (SSSR count). The third-order valence-corrected chi connectivity index (χ3v) is 2.59. The highest BCUT2D eigenvalue weighted by molar-refractivity contribution is 7.80. The molecular weight excluding hydrogens is 226 g/mol. The molecule has 0 amide bonds. The summed E-state index contributed by atoms with van der Waals surface area (Å²) in [5.74, 6) is 0.217. The Balaban J connectivity index is 2.64. The molecule has 0 saturated heterocycles. The number of benzene rings is 1. The van der Waals surface area contributed by atoms with E-state index in [0.29, 0.717) is 12.1 Å². The van der Waals surface area contributed by atoms with Crippen LogP contribution in [0.3, 0.4) is 0 Å². The zero-order valence-electron chi connectivity index (χ0n) is 9.27. The van der Waals surface area contributed by atoms with Crippen LogP contribution in [-0.2, 0) is 22.5 Å². The SMILES string of the molecule is CC(C)C(=O)Cc1ccc(NS(=O)O)cc1.